The fraction of sp³-hybridized carbons (Fsp3) is 0.524. The number of likely N-dealkylation sites (tertiary alicyclic amines) is 1. The molecule has 2 heteroatoms. The number of hydrogen-bond acceptors (Lipinski definition) is 1. The van der Waals surface area contributed by atoms with Gasteiger partial charge in [0.15, 0.2) is 0 Å². The van der Waals surface area contributed by atoms with E-state index in [9.17, 15) is 0 Å². The number of piperidine rings is 1. The van der Waals surface area contributed by atoms with Gasteiger partial charge < -0.3 is 4.98 Å². The van der Waals surface area contributed by atoms with E-state index >= 15 is 0 Å². The molecule has 2 unspecified atom stereocenters. The first kappa shape index (κ1) is 16.3. The third-order valence-corrected chi connectivity index (χ3v) is 5.60. The Morgan fingerprint density at radius 2 is 1.96 bits per heavy atom. The summed E-state index contributed by atoms with van der Waals surface area (Å²) in [6.45, 7) is 10.7. The molecule has 1 aliphatic rings. The minimum Gasteiger partial charge on any atom is -0.361 e. The van der Waals surface area contributed by atoms with Gasteiger partial charge in [-0.25, -0.2) is 0 Å². The van der Waals surface area contributed by atoms with Gasteiger partial charge in [-0.05, 0) is 47.4 Å². The lowest BCUT2D eigenvalue weighted by atomic mass is 9.74. The zero-order chi connectivity index (χ0) is 16.3. The summed E-state index contributed by atoms with van der Waals surface area (Å²) in [5.74, 6) is 0.854. The van der Waals surface area contributed by atoms with E-state index in [1.54, 1.807) is 0 Å². The summed E-state index contributed by atoms with van der Waals surface area (Å²) in [5.41, 5.74) is 4.38. The predicted octanol–water partition coefficient (Wildman–Crippen LogP) is 5.33. The lowest BCUT2D eigenvalue weighted by Crippen LogP contribution is -2.45. The molecule has 0 spiro atoms. The summed E-state index contributed by atoms with van der Waals surface area (Å²) in [6, 6.07) is 13.2. The van der Waals surface area contributed by atoms with Gasteiger partial charge in [-0.1, -0.05) is 51.5 Å². The molecule has 1 aliphatic heterocycles. The highest BCUT2D eigenvalue weighted by Crippen LogP contribution is 2.37. The van der Waals surface area contributed by atoms with E-state index < -0.39 is 0 Å². The zero-order valence-corrected chi connectivity index (χ0v) is 14.8. The molecule has 0 saturated carbocycles. The number of nitrogens with one attached hydrogen (secondary N) is 1. The van der Waals surface area contributed by atoms with Crippen molar-refractivity contribution >= 4 is 0 Å². The minimum absolute atomic E-state index is 0.489. The molecule has 1 fully saturated rings. The Balaban J connectivity index is 1.68. The van der Waals surface area contributed by atoms with Gasteiger partial charge in [-0.3, -0.25) is 4.90 Å². The molecule has 0 radical (unpaired) electrons. The van der Waals surface area contributed by atoms with Gasteiger partial charge in [0.05, 0.1) is 0 Å². The second-order valence-corrected chi connectivity index (χ2v) is 7.59. The fourth-order valence-electron chi connectivity index (χ4n) is 4.00. The van der Waals surface area contributed by atoms with E-state index in [-0.39, 0.29) is 0 Å². The van der Waals surface area contributed by atoms with E-state index in [0.717, 1.165) is 12.5 Å². The van der Waals surface area contributed by atoms with Crippen LogP contribution in [0.3, 0.4) is 0 Å². The number of rotatable bonds is 5. The number of aromatic amines is 1. The summed E-state index contributed by atoms with van der Waals surface area (Å²) < 4.78 is 0. The topological polar surface area (TPSA) is 19.0 Å². The Bertz CT molecular complexity index is 599. The largest absolute Gasteiger partial charge is 0.361 e. The SMILES string of the molecule is CCC1CN(Cc2ccc(-c3ccc[nH]3)cc2)CC(C)(CC)C1. The van der Waals surface area contributed by atoms with Crippen molar-refractivity contribution in [3.8, 4) is 11.3 Å². The van der Waals surface area contributed by atoms with Crippen LogP contribution in [0.25, 0.3) is 11.3 Å². The molecule has 1 aromatic heterocycles. The van der Waals surface area contributed by atoms with Crippen LogP contribution in [0.4, 0.5) is 0 Å². The Labute approximate surface area is 140 Å². The Hall–Kier alpha value is -1.54. The van der Waals surface area contributed by atoms with Gasteiger partial charge in [0.1, 0.15) is 0 Å². The molecule has 1 saturated heterocycles. The van der Waals surface area contributed by atoms with E-state index in [4.69, 9.17) is 0 Å². The van der Waals surface area contributed by atoms with Crippen LogP contribution >= 0.6 is 0 Å². The first-order valence-electron chi connectivity index (χ1n) is 9.07. The van der Waals surface area contributed by atoms with Crippen LogP contribution in [0.2, 0.25) is 0 Å². The molecular weight excluding hydrogens is 280 g/mol. The summed E-state index contributed by atoms with van der Waals surface area (Å²) in [5, 5.41) is 0. The third-order valence-electron chi connectivity index (χ3n) is 5.60. The molecule has 1 N–H and O–H groups in total. The predicted molar refractivity (Wildman–Crippen MR) is 98.3 cm³/mol. The van der Waals surface area contributed by atoms with Crippen LogP contribution in [0.1, 0.15) is 45.6 Å². The molecular formula is C21H30N2. The molecule has 2 nitrogen and oxygen atoms in total. The molecule has 2 aromatic rings. The average molecular weight is 310 g/mol. The Kier molecular flexibility index (Phi) is 4.91. The monoisotopic (exact) mass is 310 g/mol. The van der Waals surface area contributed by atoms with Gasteiger partial charge in [0.25, 0.3) is 0 Å². The normalized spacial score (nSPS) is 25.6. The standard InChI is InChI=1S/C21H30N2/c1-4-17-13-21(3,5-2)16-23(14-17)15-18-8-10-19(11-9-18)20-7-6-12-22-20/h6-12,17,22H,4-5,13-16H2,1-3H3. The van der Waals surface area contributed by atoms with Crippen LogP contribution in [-0.2, 0) is 6.54 Å². The van der Waals surface area contributed by atoms with Gasteiger partial charge >= 0.3 is 0 Å². The Morgan fingerprint density at radius 3 is 2.57 bits per heavy atom. The van der Waals surface area contributed by atoms with E-state index in [1.807, 2.05) is 12.3 Å². The Morgan fingerprint density at radius 1 is 1.17 bits per heavy atom. The second-order valence-electron chi connectivity index (χ2n) is 7.59. The first-order chi connectivity index (χ1) is 11.1. The number of aromatic nitrogens is 1. The van der Waals surface area contributed by atoms with Gasteiger partial charge in [0, 0.05) is 31.5 Å². The number of benzene rings is 1. The van der Waals surface area contributed by atoms with Crippen LogP contribution in [0, 0.1) is 11.3 Å². The maximum Gasteiger partial charge on any atom is 0.0453 e. The van der Waals surface area contributed by atoms with Crippen molar-refractivity contribution in [2.45, 2.75) is 46.6 Å². The lowest BCUT2D eigenvalue weighted by molar-refractivity contribution is 0.0506. The molecule has 3 rings (SSSR count). The average Bonchev–Trinajstić information content (AvgIpc) is 3.09. The van der Waals surface area contributed by atoms with Gasteiger partial charge in [-0.2, -0.15) is 0 Å². The number of H-pyrrole nitrogens is 1. The smallest absolute Gasteiger partial charge is 0.0453 e. The van der Waals surface area contributed by atoms with Crippen molar-refractivity contribution in [3.63, 3.8) is 0 Å². The van der Waals surface area contributed by atoms with Crippen LogP contribution in [0.5, 0.6) is 0 Å². The zero-order valence-electron chi connectivity index (χ0n) is 14.8. The van der Waals surface area contributed by atoms with Crippen molar-refractivity contribution in [2.24, 2.45) is 11.3 Å². The lowest BCUT2D eigenvalue weighted by Gasteiger charge is -2.44. The molecule has 124 valence electrons. The summed E-state index contributed by atoms with van der Waals surface area (Å²) in [4.78, 5) is 5.95. The van der Waals surface area contributed by atoms with Crippen molar-refractivity contribution in [2.75, 3.05) is 13.1 Å². The third kappa shape index (κ3) is 3.87. The van der Waals surface area contributed by atoms with Crippen LogP contribution in [0.15, 0.2) is 42.6 Å². The molecule has 2 heterocycles. The van der Waals surface area contributed by atoms with Crippen LogP contribution < -0.4 is 0 Å². The number of hydrogen-bond donors (Lipinski definition) is 1. The van der Waals surface area contributed by atoms with E-state index in [1.165, 1.54) is 49.2 Å². The van der Waals surface area contributed by atoms with Gasteiger partial charge in [0.2, 0.25) is 0 Å². The molecule has 1 aromatic carbocycles. The van der Waals surface area contributed by atoms with Crippen molar-refractivity contribution < 1.29 is 0 Å². The van der Waals surface area contributed by atoms with E-state index in [2.05, 4.69) is 61.0 Å². The molecule has 0 amide bonds. The highest BCUT2D eigenvalue weighted by atomic mass is 15.1. The highest BCUT2D eigenvalue weighted by Gasteiger charge is 2.33. The van der Waals surface area contributed by atoms with Crippen molar-refractivity contribution in [3.05, 3.63) is 48.2 Å². The maximum absolute atomic E-state index is 3.28. The summed E-state index contributed by atoms with van der Waals surface area (Å²) in [7, 11) is 0. The molecule has 0 bridgehead atoms. The van der Waals surface area contributed by atoms with Crippen molar-refractivity contribution in [1.82, 2.24) is 9.88 Å². The van der Waals surface area contributed by atoms with Crippen molar-refractivity contribution in [1.29, 1.82) is 0 Å². The summed E-state index contributed by atoms with van der Waals surface area (Å²) in [6.07, 6.45) is 5.96. The molecule has 2 atom stereocenters. The van der Waals surface area contributed by atoms with Crippen LogP contribution in [-0.4, -0.2) is 23.0 Å². The summed E-state index contributed by atoms with van der Waals surface area (Å²) >= 11 is 0. The molecule has 23 heavy (non-hydrogen) atoms. The number of nitrogens with zero attached hydrogens (tertiary/aromatic N) is 1. The highest BCUT2D eigenvalue weighted by molar-refractivity contribution is 5.59. The fourth-order valence-corrected chi connectivity index (χ4v) is 4.00. The van der Waals surface area contributed by atoms with Gasteiger partial charge in [-0.15, -0.1) is 0 Å². The van der Waals surface area contributed by atoms with E-state index in [0.29, 0.717) is 5.41 Å². The maximum atomic E-state index is 3.28. The quantitative estimate of drug-likeness (QED) is 0.791. The first-order valence-corrected chi connectivity index (χ1v) is 9.07. The molecule has 0 aliphatic carbocycles. The minimum atomic E-state index is 0.489. The second kappa shape index (κ2) is 6.92.